The first kappa shape index (κ1) is 39.4. The van der Waals surface area contributed by atoms with Crippen LogP contribution < -0.4 is 0 Å². The minimum absolute atomic E-state index is 0.0412. The van der Waals surface area contributed by atoms with E-state index in [9.17, 15) is 14.7 Å². The highest BCUT2D eigenvalue weighted by atomic mass is 16.5. The van der Waals surface area contributed by atoms with E-state index in [-0.39, 0.29) is 13.0 Å². The summed E-state index contributed by atoms with van der Waals surface area (Å²) in [5.41, 5.74) is 0. The summed E-state index contributed by atoms with van der Waals surface area (Å²) >= 11 is 0. The highest BCUT2D eigenvalue weighted by Crippen LogP contribution is 2.18. The molecule has 4 heteroatoms. The highest BCUT2D eigenvalue weighted by Gasteiger charge is 2.21. The number of rotatable bonds is 33. The Hall–Kier alpha value is -1.58. The van der Waals surface area contributed by atoms with E-state index in [1.54, 1.807) is 0 Å². The summed E-state index contributed by atoms with van der Waals surface area (Å²) in [6.45, 7) is 5.92. The average molecular weight is 577 g/mol. The van der Waals surface area contributed by atoms with Gasteiger partial charge in [0, 0.05) is 0 Å². The molecule has 0 aliphatic rings. The summed E-state index contributed by atoms with van der Waals surface area (Å²) in [4.78, 5) is 23.0. The van der Waals surface area contributed by atoms with Crippen LogP contribution in [0.1, 0.15) is 187 Å². The number of hydrogen-bond acceptors (Lipinski definition) is 3. The third-order valence-electron chi connectivity index (χ3n) is 8.19. The zero-order valence-corrected chi connectivity index (χ0v) is 27.2. The Morgan fingerprint density at radius 1 is 0.610 bits per heavy atom. The summed E-state index contributed by atoms with van der Waals surface area (Å²) < 4.78 is 4.91. The van der Waals surface area contributed by atoms with E-state index in [0.717, 1.165) is 19.3 Å². The number of hydrogen-bond donors (Lipinski definition) is 1. The lowest BCUT2D eigenvalue weighted by Gasteiger charge is -2.11. The molecule has 0 aliphatic carbocycles. The van der Waals surface area contributed by atoms with Crippen LogP contribution in [-0.4, -0.2) is 23.7 Å². The van der Waals surface area contributed by atoms with E-state index in [1.807, 2.05) is 0 Å². The summed E-state index contributed by atoms with van der Waals surface area (Å²) in [7, 11) is 0. The van der Waals surface area contributed by atoms with Crippen LogP contribution in [0.25, 0.3) is 0 Å². The molecule has 0 fully saturated rings. The smallest absolute Gasteiger partial charge is 0.307 e. The van der Waals surface area contributed by atoms with Gasteiger partial charge in [-0.2, -0.15) is 0 Å². The fraction of sp³-hybridized carbons (Fsp3) is 0.838. The van der Waals surface area contributed by atoms with E-state index in [0.29, 0.717) is 6.42 Å². The van der Waals surface area contributed by atoms with Crippen molar-refractivity contribution in [2.45, 2.75) is 187 Å². The molecule has 240 valence electrons. The molecule has 0 amide bonds. The van der Waals surface area contributed by atoms with Crippen molar-refractivity contribution in [3.05, 3.63) is 24.8 Å². The van der Waals surface area contributed by atoms with Gasteiger partial charge in [-0.15, -0.1) is 0 Å². The van der Waals surface area contributed by atoms with Crippen LogP contribution in [0.15, 0.2) is 24.8 Å². The van der Waals surface area contributed by atoms with Crippen molar-refractivity contribution in [2.24, 2.45) is 5.92 Å². The number of carbonyl (C=O) groups is 2. The van der Waals surface area contributed by atoms with Crippen LogP contribution in [0, 0.1) is 5.92 Å². The van der Waals surface area contributed by atoms with Gasteiger partial charge in [-0.25, -0.2) is 0 Å². The molecule has 0 bridgehead atoms. The number of aliphatic carboxylic acids is 1. The highest BCUT2D eigenvalue weighted by molar-refractivity contribution is 5.78. The summed E-state index contributed by atoms with van der Waals surface area (Å²) in [6.07, 6.45) is 41.5. The molecule has 0 saturated heterocycles. The second-order valence-electron chi connectivity index (χ2n) is 12.2. The Morgan fingerprint density at radius 3 is 1.34 bits per heavy atom. The average Bonchev–Trinajstić information content (AvgIpc) is 2.96. The van der Waals surface area contributed by atoms with Crippen molar-refractivity contribution in [3.8, 4) is 0 Å². The number of unbranched alkanes of at least 4 members (excludes halogenated alkanes) is 24. The Bertz CT molecular complexity index is 612. The normalized spacial score (nSPS) is 12.1. The number of carboxylic acid groups (broad SMARTS) is 1. The maximum absolute atomic E-state index is 11.6. The quantitative estimate of drug-likeness (QED) is 0.0479. The SMILES string of the molecule is C=CCOC(=O)CC(CCCCCCCCCCCCCCCCCC/C=C/CCCCCCCCCC)C(=O)O. The second-order valence-corrected chi connectivity index (χ2v) is 12.2. The van der Waals surface area contributed by atoms with E-state index in [1.165, 1.54) is 154 Å². The van der Waals surface area contributed by atoms with Gasteiger partial charge in [-0.3, -0.25) is 9.59 Å². The summed E-state index contributed by atoms with van der Waals surface area (Å²) in [5, 5.41) is 9.32. The maximum Gasteiger partial charge on any atom is 0.307 e. The third-order valence-corrected chi connectivity index (χ3v) is 8.19. The molecule has 1 atom stereocenters. The first-order valence-electron chi connectivity index (χ1n) is 17.8. The van der Waals surface area contributed by atoms with Crippen molar-refractivity contribution < 1.29 is 19.4 Å². The Kier molecular flexibility index (Phi) is 31.7. The molecule has 0 heterocycles. The molecule has 1 unspecified atom stereocenters. The Labute approximate surface area is 255 Å². The minimum atomic E-state index is -0.900. The molecular weight excluding hydrogens is 508 g/mol. The zero-order valence-electron chi connectivity index (χ0n) is 27.2. The first-order chi connectivity index (χ1) is 20.1. The van der Waals surface area contributed by atoms with Gasteiger partial charge in [0.15, 0.2) is 0 Å². The van der Waals surface area contributed by atoms with Gasteiger partial charge in [0.25, 0.3) is 0 Å². The first-order valence-corrected chi connectivity index (χ1v) is 17.8. The molecule has 0 aromatic heterocycles. The third kappa shape index (κ3) is 31.2. The monoisotopic (exact) mass is 577 g/mol. The fourth-order valence-electron chi connectivity index (χ4n) is 5.48. The Morgan fingerprint density at radius 2 is 0.976 bits per heavy atom. The van der Waals surface area contributed by atoms with Crippen LogP contribution >= 0.6 is 0 Å². The molecule has 0 aromatic carbocycles. The predicted molar refractivity (Wildman–Crippen MR) is 176 cm³/mol. The van der Waals surface area contributed by atoms with E-state index in [2.05, 4.69) is 25.7 Å². The molecule has 1 N–H and O–H groups in total. The van der Waals surface area contributed by atoms with Crippen LogP contribution in [-0.2, 0) is 14.3 Å². The molecule has 4 nitrogen and oxygen atoms in total. The van der Waals surface area contributed by atoms with E-state index >= 15 is 0 Å². The lowest BCUT2D eigenvalue weighted by Crippen LogP contribution is -2.19. The molecule has 0 spiro atoms. The van der Waals surface area contributed by atoms with Gasteiger partial charge in [-0.1, -0.05) is 173 Å². The van der Waals surface area contributed by atoms with Crippen molar-refractivity contribution in [1.82, 2.24) is 0 Å². The van der Waals surface area contributed by atoms with Gasteiger partial charge >= 0.3 is 11.9 Å². The number of carbonyl (C=O) groups excluding carboxylic acids is 1. The van der Waals surface area contributed by atoms with Crippen LogP contribution in [0.5, 0.6) is 0 Å². The molecule has 0 aromatic rings. The zero-order chi connectivity index (χ0) is 30.1. The molecule has 0 rings (SSSR count). The Balaban J connectivity index is 3.30. The van der Waals surface area contributed by atoms with Gasteiger partial charge in [0.05, 0.1) is 12.3 Å². The van der Waals surface area contributed by atoms with Crippen LogP contribution in [0.4, 0.5) is 0 Å². The number of allylic oxidation sites excluding steroid dienone is 2. The van der Waals surface area contributed by atoms with E-state index in [4.69, 9.17) is 4.74 Å². The number of ether oxygens (including phenoxy) is 1. The van der Waals surface area contributed by atoms with Gasteiger partial charge in [0.2, 0.25) is 0 Å². The largest absolute Gasteiger partial charge is 0.481 e. The lowest BCUT2D eigenvalue weighted by molar-refractivity contribution is -0.151. The molecule has 0 radical (unpaired) electrons. The van der Waals surface area contributed by atoms with Crippen LogP contribution in [0.3, 0.4) is 0 Å². The summed E-state index contributed by atoms with van der Waals surface area (Å²) in [5.74, 6) is -1.98. The van der Waals surface area contributed by atoms with Gasteiger partial charge in [-0.05, 0) is 32.1 Å². The number of carboxylic acids is 1. The van der Waals surface area contributed by atoms with Crippen molar-refractivity contribution in [2.75, 3.05) is 6.61 Å². The minimum Gasteiger partial charge on any atom is -0.481 e. The van der Waals surface area contributed by atoms with E-state index < -0.39 is 17.9 Å². The van der Waals surface area contributed by atoms with Gasteiger partial charge < -0.3 is 9.84 Å². The van der Waals surface area contributed by atoms with Crippen molar-refractivity contribution >= 4 is 11.9 Å². The van der Waals surface area contributed by atoms with Gasteiger partial charge in [0.1, 0.15) is 6.61 Å². The lowest BCUT2D eigenvalue weighted by atomic mass is 9.97. The molecule has 41 heavy (non-hydrogen) atoms. The maximum atomic E-state index is 11.6. The van der Waals surface area contributed by atoms with Crippen molar-refractivity contribution in [1.29, 1.82) is 0 Å². The number of esters is 1. The summed E-state index contributed by atoms with van der Waals surface area (Å²) in [6, 6.07) is 0. The predicted octanol–water partition coefficient (Wildman–Crippen LogP) is 11.9. The second kappa shape index (κ2) is 32.9. The fourth-order valence-corrected chi connectivity index (χ4v) is 5.48. The molecule has 0 saturated carbocycles. The molecule has 0 aliphatic heterocycles. The standard InChI is InChI=1S/C37H68O4/c1-3-5-6-7-8-9-10-11-12-13-14-15-16-17-18-19-20-21-22-23-24-25-26-27-28-29-30-31-32-35(37(39)40)34-36(38)41-33-4-2/h4,13-14,35H,2-3,5-12,15-34H2,1H3,(H,39,40)/b14-13+. The topological polar surface area (TPSA) is 63.6 Å². The van der Waals surface area contributed by atoms with Crippen LogP contribution in [0.2, 0.25) is 0 Å². The molecular formula is C37H68O4. The van der Waals surface area contributed by atoms with Crippen molar-refractivity contribution in [3.63, 3.8) is 0 Å².